The standard InChI is InChI=1S/C29H23NO2P.ClH/c1-31-27-18-21(20-30)17-22-19-26(32-29(22)27)25-15-9-10-16-28(25)33(2,23-11-5-3-6-12-23)24-13-7-4-8-14-24;/h3-19H,1-2H3;1H/q+1;/p-1. The van der Waals surface area contributed by atoms with Crippen LogP contribution in [0.2, 0.25) is 0 Å². The summed E-state index contributed by atoms with van der Waals surface area (Å²) in [6.07, 6.45) is 0. The molecule has 0 aliphatic carbocycles. The molecule has 0 aliphatic rings. The number of nitrogens with zero attached hydrogens (tertiary/aromatic N) is 1. The van der Waals surface area contributed by atoms with Crippen LogP contribution in [0.4, 0.5) is 0 Å². The molecule has 5 aromatic rings. The van der Waals surface area contributed by atoms with Gasteiger partial charge in [-0.3, -0.25) is 0 Å². The van der Waals surface area contributed by atoms with Crippen molar-refractivity contribution in [1.82, 2.24) is 0 Å². The van der Waals surface area contributed by atoms with Gasteiger partial charge in [0.15, 0.2) is 11.3 Å². The van der Waals surface area contributed by atoms with Crippen molar-refractivity contribution in [1.29, 1.82) is 5.26 Å². The van der Waals surface area contributed by atoms with Crippen LogP contribution in [0.5, 0.6) is 5.75 Å². The van der Waals surface area contributed by atoms with Crippen molar-refractivity contribution < 1.29 is 21.6 Å². The number of fused-ring (bicyclic) bond motifs is 1. The van der Waals surface area contributed by atoms with Gasteiger partial charge < -0.3 is 21.6 Å². The first-order valence-corrected chi connectivity index (χ1v) is 13.0. The predicted octanol–water partition coefficient (Wildman–Crippen LogP) is 2.91. The Morgan fingerprint density at radius 3 is 1.97 bits per heavy atom. The van der Waals surface area contributed by atoms with Gasteiger partial charge in [-0.05, 0) is 48.5 Å². The smallest absolute Gasteiger partial charge is 0.176 e. The number of rotatable bonds is 5. The molecule has 0 saturated heterocycles. The van der Waals surface area contributed by atoms with E-state index in [0.717, 1.165) is 16.7 Å². The van der Waals surface area contributed by atoms with E-state index in [4.69, 9.17) is 9.15 Å². The number of halogens is 1. The molecule has 4 aromatic carbocycles. The second-order valence-corrected chi connectivity index (χ2v) is 11.5. The van der Waals surface area contributed by atoms with E-state index in [-0.39, 0.29) is 12.4 Å². The third-order valence-electron chi connectivity index (χ3n) is 6.13. The Balaban J connectivity index is 0.00000274. The van der Waals surface area contributed by atoms with Gasteiger partial charge in [-0.15, -0.1) is 0 Å². The van der Waals surface area contributed by atoms with Gasteiger partial charge in [0.05, 0.1) is 31.0 Å². The maximum atomic E-state index is 9.41. The fraction of sp³-hybridized carbons (Fsp3) is 0.0690. The molecule has 0 bridgehead atoms. The molecule has 0 fully saturated rings. The molecular formula is C29H23ClNO2P. The molecular weight excluding hydrogens is 461 g/mol. The van der Waals surface area contributed by atoms with Gasteiger partial charge in [-0.25, -0.2) is 0 Å². The van der Waals surface area contributed by atoms with Gasteiger partial charge >= 0.3 is 0 Å². The summed E-state index contributed by atoms with van der Waals surface area (Å²) in [6, 6.07) is 37.7. The van der Waals surface area contributed by atoms with Crippen LogP contribution in [0.3, 0.4) is 0 Å². The average molecular weight is 484 g/mol. The Morgan fingerprint density at radius 2 is 1.38 bits per heavy atom. The average Bonchev–Trinajstić information content (AvgIpc) is 3.33. The minimum atomic E-state index is -1.95. The Hall–Kier alpha value is -3.57. The quantitative estimate of drug-likeness (QED) is 0.361. The molecule has 1 aromatic heterocycles. The highest BCUT2D eigenvalue weighted by molar-refractivity contribution is 7.95. The lowest BCUT2D eigenvalue weighted by molar-refractivity contribution is -0.00000734. The zero-order chi connectivity index (χ0) is 22.8. The minimum absolute atomic E-state index is 0. The molecule has 1 heterocycles. The molecule has 0 radical (unpaired) electrons. The first-order valence-electron chi connectivity index (χ1n) is 10.7. The molecule has 5 rings (SSSR count). The van der Waals surface area contributed by atoms with Crippen LogP contribution < -0.4 is 33.1 Å². The highest BCUT2D eigenvalue weighted by Gasteiger charge is 2.42. The van der Waals surface area contributed by atoms with Crippen molar-refractivity contribution in [2.24, 2.45) is 0 Å². The van der Waals surface area contributed by atoms with Crippen LogP contribution in [0.1, 0.15) is 5.56 Å². The SMILES string of the molecule is COc1cc(C#N)cc2cc(-c3ccccc3[P+](C)(c3ccccc3)c3ccccc3)oc12.[Cl-]. The molecule has 0 N–H and O–H groups in total. The molecule has 0 unspecified atom stereocenters. The number of nitriles is 1. The summed E-state index contributed by atoms with van der Waals surface area (Å²) in [7, 11) is -0.354. The largest absolute Gasteiger partial charge is 1.00 e. The number of hydrogen-bond acceptors (Lipinski definition) is 3. The third kappa shape index (κ3) is 3.97. The highest BCUT2D eigenvalue weighted by atomic mass is 35.5. The number of furan rings is 1. The van der Waals surface area contributed by atoms with E-state index in [2.05, 4.69) is 91.6 Å². The fourth-order valence-corrected chi connectivity index (χ4v) is 7.86. The van der Waals surface area contributed by atoms with Crippen LogP contribution >= 0.6 is 7.26 Å². The van der Waals surface area contributed by atoms with E-state index in [1.807, 2.05) is 18.2 Å². The van der Waals surface area contributed by atoms with Crippen LogP contribution in [0.25, 0.3) is 22.3 Å². The molecule has 34 heavy (non-hydrogen) atoms. The van der Waals surface area contributed by atoms with Crippen LogP contribution in [0.15, 0.2) is 108 Å². The van der Waals surface area contributed by atoms with Crippen LogP contribution in [0, 0.1) is 11.3 Å². The van der Waals surface area contributed by atoms with Gasteiger partial charge in [0, 0.05) is 11.5 Å². The zero-order valence-electron chi connectivity index (χ0n) is 18.9. The lowest BCUT2D eigenvalue weighted by Crippen LogP contribution is -3.00. The molecule has 0 amide bonds. The maximum Gasteiger partial charge on any atom is 0.176 e. The number of hydrogen-bond donors (Lipinski definition) is 0. The normalized spacial score (nSPS) is 11.0. The van der Waals surface area contributed by atoms with E-state index < -0.39 is 7.26 Å². The van der Waals surface area contributed by atoms with E-state index >= 15 is 0 Å². The van der Waals surface area contributed by atoms with Crippen LogP contribution in [-0.2, 0) is 0 Å². The molecule has 0 saturated carbocycles. The predicted molar refractivity (Wildman–Crippen MR) is 138 cm³/mol. The first-order chi connectivity index (χ1) is 16.1. The zero-order valence-corrected chi connectivity index (χ0v) is 20.6. The maximum absolute atomic E-state index is 9.41. The Bertz CT molecular complexity index is 1430. The third-order valence-corrected chi connectivity index (χ3v) is 10.1. The summed E-state index contributed by atoms with van der Waals surface area (Å²) < 4.78 is 11.9. The summed E-state index contributed by atoms with van der Waals surface area (Å²) in [5, 5.41) is 14.1. The number of methoxy groups -OCH3 is 1. The molecule has 0 spiro atoms. The van der Waals surface area contributed by atoms with Crippen LogP contribution in [-0.4, -0.2) is 13.8 Å². The summed E-state index contributed by atoms with van der Waals surface area (Å²) in [4.78, 5) is 0. The van der Waals surface area contributed by atoms with Crippen molar-refractivity contribution in [3.05, 3.63) is 109 Å². The Kier molecular flexibility index (Phi) is 6.75. The molecule has 3 nitrogen and oxygen atoms in total. The summed E-state index contributed by atoms with van der Waals surface area (Å²) in [5.74, 6) is 1.34. The minimum Gasteiger partial charge on any atom is -1.00 e. The fourth-order valence-electron chi connectivity index (χ4n) is 4.42. The molecule has 0 aliphatic heterocycles. The lowest BCUT2D eigenvalue weighted by Gasteiger charge is -2.24. The van der Waals surface area contributed by atoms with Crippen molar-refractivity contribution in [2.45, 2.75) is 0 Å². The number of ether oxygens (including phenoxy) is 1. The lowest BCUT2D eigenvalue weighted by atomic mass is 10.1. The summed E-state index contributed by atoms with van der Waals surface area (Å²) in [5.41, 5.74) is 2.25. The van der Waals surface area contributed by atoms with E-state index in [1.54, 1.807) is 13.2 Å². The summed E-state index contributed by atoms with van der Waals surface area (Å²) >= 11 is 0. The second-order valence-electron chi connectivity index (χ2n) is 8.01. The van der Waals surface area contributed by atoms with Crippen molar-refractivity contribution in [3.63, 3.8) is 0 Å². The second kappa shape index (κ2) is 9.74. The Labute approximate surface area is 206 Å². The molecule has 5 heteroatoms. The van der Waals surface area contributed by atoms with Gasteiger partial charge in [0.25, 0.3) is 0 Å². The monoisotopic (exact) mass is 483 g/mol. The highest BCUT2D eigenvalue weighted by Crippen LogP contribution is 2.53. The first kappa shape index (κ1) is 23.6. The molecule has 0 atom stereocenters. The molecule has 168 valence electrons. The Morgan fingerprint density at radius 1 is 0.794 bits per heavy atom. The van der Waals surface area contributed by atoms with E-state index in [0.29, 0.717) is 16.9 Å². The van der Waals surface area contributed by atoms with E-state index in [1.165, 1.54) is 15.9 Å². The van der Waals surface area contributed by atoms with E-state index in [9.17, 15) is 5.26 Å². The number of benzene rings is 4. The van der Waals surface area contributed by atoms with Gasteiger partial charge in [-0.1, -0.05) is 48.5 Å². The van der Waals surface area contributed by atoms with Crippen molar-refractivity contribution in [3.8, 4) is 23.1 Å². The topological polar surface area (TPSA) is 46.2 Å². The van der Waals surface area contributed by atoms with Crippen molar-refractivity contribution in [2.75, 3.05) is 13.8 Å². The van der Waals surface area contributed by atoms with Gasteiger partial charge in [0.1, 0.15) is 28.9 Å². The summed E-state index contributed by atoms with van der Waals surface area (Å²) in [6.45, 7) is 2.37. The van der Waals surface area contributed by atoms with Gasteiger partial charge in [0.2, 0.25) is 0 Å². The van der Waals surface area contributed by atoms with Gasteiger partial charge in [-0.2, -0.15) is 5.26 Å². The van der Waals surface area contributed by atoms with Crippen molar-refractivity contribution >= 4 is 34.1 Å².